The summed E-state index contributed by atoms with van der Waals surface area (Å²) >= 11 is 1.31. The summed E-state index contributed by atoms with van der Waals surface area (Å²) in [6.45, 7) is 3.63. The standard InChI is InChI=1S/C21H18N6O2S/c1-12(20(29)26-11-18(28)23-16-9-5-6-10-17(16)26)30-21-24-15-8-4-3-7-14(15)19-22-13(2)25-27(19)21/h3-10,12H,11H2,1-2H3,(H,23,28). The number of benzene rings is 2. The van der Waals surface area contributed by atoms with Gasteiger partial charge in [0.15, 0.2) is 10.8 Å². The van der Waals surface area contributed by atoms with Crippen LogP contribution in [0.4, 0.5) is 11.4 Å². The first-order chi connectivity index (χ1) is 14.5. The van der Waals surface area contributed by atoms with Crippen LogP contribution in [0.3, 0.4) is 0 Å². The maximum atomic E-state index is 13.3. The number of thioether (sulfide) groups is 1. The van der Waals surface area contributed by atoms with Gasteiger partial charge in [-0.1, -0.05) is 36.0 Å². The highest BCUT2D eigenvalue weighted by molar-refractivity contribution is 8.00. The van der Waals surface area contributed by atoms with E-state index in [1.165, 1.54) is 16.7 Å². The Kier molecular flexibility index (Phi) is 4.39. The monoisotopic (exact) mass is 418 g/mol. The van der Waals surface area contributed by atoms with Crippen molar-refractivity contribution >= 4 is 51.5 Å². The zero-order valence-corrected chi connectivity index (χ0v) is 17.2. The minimum absolute atomic E-state index is 0.0102. The van der Waals surface area contributed by atoms with Gasteiger partial charge in [0.1, 0.15) is 12.4 Å². The van der Waals surface area contributed by atoms with Gasteiger partial charge in [0, 0.05) is 5.39 Å². The Morgan fingerprint density at radius 3 is 2.77 bits per heavy atom. The molecule has 1 unspecified atom stereocenters. The second kappa shape index (κ2) is 7.10. The van der Waals surface area contributed by atoms with Gasteiger partial charge in [0.05, 0.1) is 22.1 Å². The van der Waals surface area contributed by atoms with E-state index in [1.54, 1.807) is 10.6 Å². The molecule has 0 bridgehead atoms. The van der Waals surface area contributed by atoms with Crippen molar-refractivity contribution in [2.45, 2.75) is 24.3 Å². The second-order valence-corrected chi connectivity index (χ2v) is 8.36. The lowest BCUT2D eigenvalue weighted by Gasteiger charge is -2.30. The van der Waals surface area contributed by atoms with Crippen molar-refractivity contribution in [1.82, 2.24) is 19.6 Å². The van der Waals surface area contributed by atoms with E-state index in [0.717, 1.165) is 10.9 Å². The fourth-order valence-corrected chi connectivity index (χ4v) is 4.49. The highest BCUT2D eigenvalue weighted by atomic mass is 32.2. The summed E-state index contributed by atoms with van der Waals surface area (Å²) in [6, 6.07) is 15.0. The van der Waals surface area contributed by atoms with Gasteiger partial charge in [-0.25, -0.2) is 9.97 Å². The lowest BCUT2D eigenvalue weighted by atomic mass is 10.2. The molecular weight excluding hydrogens is 400 g/mol. The van der Waals surface area contributed by atoms with Crippen LogP contribution in [-0.4, -0.2) is 43.2 Å². The number of amides is 2. The topological polar surface area (TPSA) is 92.5 Å². The summed E-state index contributed by atoms with van der Waals surface area (Å²) in [5, 5.41) is 8.28. The van der Waals surface area contributed by atoms with Gasteiger partial charge in [-0.2, -0.15) is 4.52 Å². The second-order valence-electron chi connectivity index (χ2n) is 7.06. The normalized spacial score (nSPS) is 14.6. The van der Waals surface area contributed by atoms with E-state index in [4.69, 9.17) is 4.98 Å². The SMILES string of the molecule is Cc1nc2c3ccccc3nc(SC(C)C(=O)N3CC(=O)Nc4ccccc43)n2n1. The molecule has 5 rings (SSSR count). The van der Waals surface area contributed by atoms with Crippen molar-refractivity contribution in [3.8, 4) is 0 Å². The molecule has 1 atom stereocenters. The van der Waals surface area contributed by atoms with Crippen LogP contribution in [0, 0.1) is 6.92 Å². The van der Waals surface area contributed by atoms with Crippen molar-refractivity contribution in [1.29, 1.82) is 0 Å². The van der Waals surface area contributed by atoms with Gasteiger partial charge >= 0.3 is 0 Å². The molecule has 0 aliphatic carbocycles. The largest absolute Gasteiger partial charge is 0.323 e. The minimum Gasteiger partial charge on any atom is -0.323 e. The van der Waals surface area contributed by atoms with Crippen LogP contribution in [0.2, 0.25) is 0 Å². The number of carbonyl (C=O) groups excluding carboxylic acids is 2. The number of aryl methyl sites for hydroxylation is 1. The molecule has 0 radical (unpaired) electrons. The zero-order valence-electron chi connectivity index (χ0n) is 16.4. The molecule has 3 heterocycles. The summed E-state index contributed by atoms with van der Waals surface area (Å²) in [7, 11) is 0. The molecule has 1 aliphatic rings. The Balaban J connectivity index is 1.51. The smallest absolute Gasteiger partial charge is 0.244 e. The van der Waals surface area contributed by atoms with Crippen molar-refractivity contribution < 1.29 is 9.59 Å². The van der Waals surface area contributed by atoms with Gasteiger partial charge < -0.3 is 5.32 Å². The van der Waals surface area contributed by atoms with Crippen molar-refractivity contribution in [3.63, 3.8) is 0 Å². The lowest BCUT2D eigenvalue weighted by molar-refractivity contribution is -0.121. The number of para-hydroxylation sites is 3. The third-order valence-electron chi connectivity index (χ3n) is 4.92. The molecule has 0 spiro atoms. The molecule has 0 saturated heterocycles. The first-order valence-corrected chi connectivity index (χ1v) is 10.4. The average molecular weight is 418 g/mol. The van der Waals surface area contributed by atoms with Gasteiger partial charge in [-0.3, -0.25) is 14.5 Å². The molecule has 2 aromatic carbocycles. The quantitative estimate of drug-likeness (QED) is 0.406. The zero-order chi connectivity index (χ0) is 20.8. The molecule has 30 heavy (non-hydrogen) atoms. The van der Waals surface area contributed by atoms with E-state index in [1.807, 2.05) is 56.3 Å². The molecule has 150 valence electrons. The fraction of sp³-hybridized carbons (Fsp3) is 0.190. The molecule has 2 aromatic heterocycles. The highest BCUT2D eigenvalue weighted by Crippen LogP contribution is 2.32. The summed E-state index contributed by atoms with van der Waals surface area (Å²) in [4.78, 5) is 36.1. The predicted molar refractivity (Wildman–Crippen MR) is 116 cm³/mol. The molecule has 0 saturated carbocycles. The van der Waals surface area contributed by atoms with E-state index < -0.39 is 5.25 Å². The van der Waals surface area contributed by atoms with Gasteiger partial charge in [-0.15, -0.1) is 5.10 Å². The molecule has 1 aliphatic heterocycles. The number of anilines is 2. The molecule has 4 aromatic rings. The van der Waals surface area contributed by atoms with E-state index in [0.29, 0.717) is 28.0 Å². The highest BCUT2D eigenvalue weighted by Gasteiger charge is 2.31. The molecule has 8 nitrogen and oxygen atoms in total. The number of hydrogen-bond donors (Lipinski definition) is 1. The molecule has 9 heteroatoms. The molecule has 2 amide bonds. The third-order valence-corrected chi connectivity index (χ3v) is 5.95. The van der Waals surface area contributed by atoms with E-state index in [2.05, 4.69) is 15.4 Å². The maximum absolute atomic E-state index is 13.3. The number of nitrogens with one attached hydrogen (secondary N) is 1. The van der Waals surface area contributed by atoms with Crippen molar-refractivity contribution in [2.75, 3.05) is 16.8 Å². The summed E-state index contributed by atoms with van der Waals surface area (Å²) in [6.07, 6.45) is 0. The van der Waals surface area contributed by atoms with Gasteiger partial charge in [0.25, 0.3) is 0 Å². The van der Waals surface area contributed by atoms with Crippen molar-refractivity contribution in [3.05, 3.63) is 54.4 Å². The third kappa shape index (κ3) is 3.07. The first-order valence-electron chi connectivity index (χ1n) is 9.50. The number of rotatable bonds is 3. The van der Waals surface area contributed by atoms with E-state index in [9.17, 15) is 9.59 Å². The van der Waals surface area contributed by atoms with Crippen LogP contribution >= 0.6 is 11.8 Å². The number of aromatic nitrogens is 4. The minimum atomic E-state index is -0.481. The van der Waals surface area contributed by atoms with Crippen LogP contribution in [-0.2, 0) is 9.59 Å². The Morgan fingerprint density at radius 1 is 1.13 bits per heavy atom. The molecule has 0 fully saturated rings. The molecular formula is C21H18N6O2S. The Hall–Kier alpha value is -3.46. The van der Waals surface area contributed by atoms with Crippen LogP contribution in [0.5, 0.6) is 0 Å². The maximum Gasteiger partial charge on any atom is 0.244 e. The fourth-order valence-electron chi connectivity index (χ4n) is 3.57. The number of carbonyl (C=O) groups is 2. The summed E-state index contributed by atoms with van der Waals surface area (Å²) in [5.74, 6) is 0.259. The van der Waals surface area contributed by atoms with Crippen LogP contribution in [0.1, 0.15) is 12.7 Å². The predicted octanol–water partition coefficient (Wildman–Crippen LogP) is 3.05. The summed E-state index contributed by atoms with van der Waals surface area (Å²) in [5.41, 5.74) is 2.84. The Labute approximate surface area is 176 Å². The van der Waals surface area contributed by atoms with E-state index in [-0.39, 0.29) is 18.4 Å². The van der Waals surface area contributed by atoms with Crippen LogP contribution < -0.4 is 10.2 Å². The molecule has 1 N–H and O–H groups in total. The van der Waals surface area contributed by atoms with Crippen LogP contribution in [0.15, 0.2) is 53.7 Å². The van der Waals surface area contributed by atoms with Gasteiger partial charge in [0.2, 0.25) is 11.8 Å². The number of nitrogens with zero attached hydrogens (tertiary/aromatic N) is 5. The lowest BCUT2D eigenvalue weighted by Crippen LogP contribution is -2.45. The van der Waals surface area contributed by atoms with E-state index >= 15 is 0 Å². The van der Waals surface area contributed by atoms with Gasteiger partial charge in [-0.05, 0) is 38.1 Å². The summed E-state index contributed by atoms with van der Waals surface area (Å²) < 4.78 is 1.68. The van der Waals surface area contributed by atoms with Crippen molar-refractivity contribution in [2.24, 2.45) is 0 Å². The number of fused-ring (bicyclic) bond motifs is 4. The van der Waals surface area contributed by atoms with Crippen LogP contribution in [0.25, 0.3) is 16.6 Å². The first kappa shape index (κ1) is 18.6. The number of hydrogen-bond acceptors (Lipinski definition) is 6. The average Bonchev–Trinajstić information content (AvgIpc) is 3.14. The Bertz CT molecular complexity index is 1320. The Morgan fingerprint density at radius 2 is 1.90 bits per heavy atom.